The molecule has 0 spiro atoms. The molecule has 1 amide bonds. The molecule has 0 saturated heterocycles. The van der Waals surface area contributed by atoms with Crippen LogP contribution in [-0.4, -0.2) is 28.6 Å². The van der Waals surface area contributed by atoms with Crippen LogP contribution in [0.3, 0.4) is 0 Å². The Balaban J connectivity index is 1.59. The van der Waals surface area contributed by atoms with Crippen LogP contribution >= 0.6 is 0 Å². The van der Waals surface area contributed by atoms with Crippen LogP contribution in [0.5, 0.6) is 0 Å². The van der Waals surface area contributed by atoms with Crippen molar-refractivity contribution in [3.8, 4) is 0 Å². The number of amides is 1. The van der Waals surface area contributed by atoms with Crippen LogP contribution in [0.15, 0.2) is 41.1 Å². The molecule has 0 saturated carbocycles. The van der Waals surface area contributed by atoms with Gasteiger partial charge in [0.25, 0.3) is 5.91 Å². The molecule has 7 nitrogen and oxygen atoms in total. The fourth-order valence-electron chi connectivity index (χ4n) is 2.31. The predicted octanol–water partition coefficient (Wildman–Crippen LogP) is 3.25. The van der Waals surface area contributed by atoms with Crippen molar-refractivity contribution in [3.05, 3.63) is 47.8 Å². The van der Waals surface area contributed by atoms with Crippen LogP contribution < -0.4 is 5.32 Å². The summed E-state index contributed by atoms with van der Waals surface area (Å²) in [4.78, 5) is 27.1. The lowest BCUT2D eigenvalue weighted by Gasteiger charge is -2.12. The number of benzene rings is 1. The van der Waals surface area contributed by atoms with Crippen molar-refractivity contribution in [2.75, 3.05) is 11.9 Å². The second-order valence-corrected chi connectivity index (χ2v) is 6.70. The van der Waals surface area contributed by atoms with Crippen molar-refractivity contribution >= 4 is 28.7 Å². The first-order valence-corrected chi connectivity index (χ1v) is 7.85. The van der Waals surface area contributed by atoms with E-state index < -0.39 is 18.5 Å². The number of nitrogens with one attached hydrogen (secondary N) is 2. The third-order valence-electron chi connectivity index (χ3n) is 3.68. The number of ether oxygens (including phenoxy) is 1. The van der Waals surface area contributed by atoms with Gasteiger partial charge in [0.05, 0.1) is 11.3 Å². The first kappa shape index (κ1) is 16.8. The number of nitrogens with zero attached hydrogens (tertiary/aromatic N) is 1. The number of hydrogen-bond donors (Lipinski definition) is 2. The monoisotopic (exact) mass is 341 g/mol. The zero-order valence-electron chi connectivity index (χ0n) is 14.3. The molecule has 0 aliphatic heterocycles. The highest BCUT2D eigenvalue weighted by atomic mass is 16.5. The lowest BCUT2D eigenvalue weighted by molar-refractivity contribution is -0.119. The van der Waals surface area contributed by atoms with Crippen molar-refractivity contribution in [1.29, 1.82) is 0 Å². The molecule has 0 radical (unpaired) electrons. The molecular weight excluding hydrogens is 322 g/mol. The summed E-state index contributed by atoms with van der Waals surface area (Å²) in [7, 11) is 0. The number of aromatic nitrogens is 2. The topological polar surface area (TPSA) is 97.2 Å². The van der Waals surface area contributed by atoms with Gasteiger partial charge < -0.3 is 14.2 Å². The van der Waals surface area contributed by atoms with E-state index in [1.807, 2.05) is 45.0 Å². The SMILES string of the molecule is CC(C)(C)c1cc(NC(=O)COC(=O)c2c[nH]c3ccccc23)on1. The summed E-state index contributed by atoms with van der Waals surface area (Å²) >= 11 is 0. The minimum absolute atomic E-state index is 0.186. The minimum Gasteiger partial charge on any atom is -0.452 e. The Morgan fingerprint density at radius 3 is 2.76 bits per heavy atom. The largest absolute Gasteiger partial charge is 0.452 e. The van der Waals surface area contributed by atoms with Crippen LogP contribution in [0.4, 0.5) is 5.88 Å². The number of para-hydroxylation sites is 1. The van der Waals surface area contributed by atoms with Crippen molar-refractivity contribution in [2.45, 2.75) is 26.2 Å². The number of rotatable bonds is 4. The van der Waals surface area contributed by atoms with Gasteiger partial charge in [-0.25, -0.2) is 4.79 Å². The summed E-state index contributed by atoms with van der Waals surface area (Å²) in [6.45, 7) is 5.54. The van der Waals surface area contributed by atoms with Gasteiger partial charge in [-0.05, 0) is 6.07 Å². The molecule has 25 heavy (non-hydrogen) atoms. The second kappa shape index (κ2) is 6.43. The average molecular weight is 341 g/mol. The molecule has 0 atom stereocenters. The Kier molecular flexibility index (Phi) is 4.31. The van der Waals surface area contributed by atoms with Crippen LogP contribution in [0.2, 0.25) is 0 Å². The first-order valence-electron chi connectivity index (χ1n) is 7.85. The van der Waals surface area contributed by atoms with Gasteiger partial charge in [0.2, 0.25) is 5.88 Å². The van der Waals surface area contributed by atoms with Gasteiger partial charge in [-0.15, -0.1) is 0 Å². The first-order chi connectivity index (χ1) is 11.8. The molecule has 0 aliphatic carbocycles. The van der Waals surface area contributed by atoms with E-state index in [9.17, 15) is 9.59 Å². The Labute approximate surface area is 144 Å². The van der Waals surface area contributed by atoms with Gasteiger partial charge in [0.1, 0.15) is 0 Å². The van der Waals surface area contributed by atoms with E-state index in [1.165, 1.54) is 0 Å². The van der Waals surface area contributed by atoms with E-state index in [0.29, 0.717) is 5.56 Å². The lowest BCUT2D eigenvalue weighted by Crippen LogP contribution is -2.20. The molecule has 130 valence electrons. The molecule has 0 fully saturated rings. The molecule has 0 unspecified atom stereocenters. The maximum absolute atomic E-state index is 12.2. The molecule has 3 aromatic rings. The number of esters is 1. The number of carbonyl (C=O) groups excluding carboxylic acids is 2. The van der Waals surface area contributed by atoms with Crippen LogP contribution in [-0.2, 0) is 14.9 Å². The third-order valence-corrected chi connectivity index (χ3v) is 3.68. The van der Waals surface area contributed by atoms with Gasteiger partial charge in [-0.3, -0.25) is 10.1 Å². The number of H-pyrrole nitrogens is 1. The summed E-state index contributed by atoms with van der Waals surface area (Å²) in [5.74, 6) is -0.844. The molecular formula is C18H19N3O4. The number of hydrogen-bond acceptors (Lipinski definition) is 5. The summed E-state index contributed by atoms with van der Waals surface area (Å²) in [6.07, 6.45) is 1.57. The zero-order valence-corrected chi connectivity index (χ0v) is 14.3. The Morgan fingerprint density at radius 1 is 1.28 bits per heavy atom. The number of fused-ring (bicyclic) bond motifs is 1. The Hall–Kier alpha value is -3.09. The van der Waals surface area contributed by atoms with Crippen molar-refractivity contribution < 1.29 is 18.8 Å². The maximum Gasteiger partial charge on any atom is 0.340 e. The van der Waals surface area contributed by atoms with Crippen LogP contribution in [0.1, 0.15) is 36.8 Å². The standard InChI is InChI=1S/C18H19N3O4/c1-18(2,3)14-8-16(25-21-14)20-15(22)10-24-17(23)12-9-19-13-7-5-4-6-11(12)13/h4-9,19H,10H2,1-3H3,(H,20,22). The highest BCUT2D eigenvalue weighted by molar-refractivity contribution is 6.04. The molecule has 1 aromatic carbocycles. The highest BCUT2D eigenvalue weighted by Crippen LogP contribution is 2.23. The average Bonchev–Trinajstić information content (AvgIpc) is 3.19. The predicted molar refractivity (Wildman–Crippen MR) is 92.4 cm³/mol. The van der Waals surface area contributed by atoms with Gasteiger partial charge in [0, 0.05) is 28.6 Å². The van der Waals surface area contributed by atoms with Crippen molar-refractivity contribution in [2.24, 2.45) is 0 Å². The summed E-state index contributed by atoms with van der Waals surface area (Å²) in [6, 6.07) is 9.01. The maximum atomic E-state index is 12.2. The molecule has 2 heterocycles. The van der Waals surface area contributed by atoms with E-state index >= 15 is 0 Å². The van der Waals surface area contributed by atoms with Gasteiger partial charge in [-0.1, -0.05) is 44.1 Å². The fourth-order valence-corrected chi connectivity index (χ4v) is 2.31. The van der Waals surface area contributed by atoms with Crippen molar-refractivity contribution in [1.82, 2.24) is 10.1 Å². The third kappa shape index (κ3) is 3.71. The summed E-state index contributed by atoms with van der Waals surface area (Å²) in [5, 5.41) is 7.18. The smallest absolute Gasteiger partial charge is 0.340 e. The minimum atomic E-state index is -0.569. The highest BCUT2D eigenvalue weighted by Gasteiger charge is 2.20. The summed E-state index contributed by atoms with van der Waals surface area (Å²) in [5.41, 5.74) is 1.75. The van der Waals surface area contributed by atoms with Crippen LogP contribution in [0, 0.1) is 0 Å². The van der Waals surface area contributed by atoms with E-state index in [-0.39, 0.29) is 11.3 Å². The van der Waals surface area contributed by atoms with Gasteiger partial charge >= 0.3 is 5.97 Å². The molecule has 0 aliphatic rings. The van der Waals surface area contributed by atoms with E-state index in [0.717, 1.165) is 16.6 Å². The Morgan fingerprint density at radius 2 is 2.04 bits per heavy atom. The number of aromatic amines is 1. The quantitative estimate of drug-likeness (QED) is 0.710. The molecule has 2 aromatic heterocycles. The molecule has 0 bridgehead atoms. The molecule has 7 heteroatoms. The van der Waals surface area contributed by atoms with E-state index in [4.69, 9.17) is 9.26 Å². The van der Waals surface area contributed by atoms with E-state index in [1.54, 1.807) is 12.3 Å². The van der Waals surface area contributed by atoms with Crippen molar-refractivity contribution in [3.63, 3.8) is 0 Å². The molecule has 2 N–H and O–H groups in total. The lowest BCUT2D eigenvalue weighted by atomic mass is 9.92. The normalized spacial score (nSPS) is 11.5. The second-order valence-electron chi connectivity index (χ2n) is 6.70. The molecule has 3 rings (SSSR count). The Bertz CT molecular complexity index is 918. The fraction of sp³-hybridized carbons (Fsp3) is 0.278. The van der Waals surface area contributed by atoms with E-state index in [2.05, 4.69) is 15.5 Å². The number of anilines is 1. The van der Waals surface area contributed by atoms with Gasteiger partial charge in [-0.2, -0.15) is 0 Å². The van der Waals surface area contributed by atoms with Crippen LogP contribution in [0.25, 0.3) is 10.9 Å². The zero-order chi connectivity index (χ0) is 18.0. The number of carbonyl (C=O) groups is 2. The summed E-state index contributed by atoms with van der Waals surface area (Å²) < 4.78 is 10.1. The van der Waals surface area contributed by atoms with Gasteiger partial charge in [0.15, 0.2) is 6.61 Å².